The maximum absolute atomic E-state index is 12.3. The van der Waals surface area contributed by atoms with Crippen molar-refractivity contribution in [1.29, 1.82) is 5.26 Å². The first kappa shape index (κ1) is 13.8. The lowest BCUT2D eigenvalue weighted by molar-refractivity contribution is 0.594. The van der Waals surface area contributed by atoms with Crippen molar-refractivity contribution in [3.05, 3.63) is 40.4 Å². The topological polar surface area (TPSA) is 74.1 Å². The molecule has 2 rings (SSSR count). The van der Waals surface area contributed by atoms with Crippen LogP contribution in [0.25, 0.3) is 0 Å². The predicted octanol–water partition coefficient (Wildman–Crippen LogP) is 2.49. The number of anilines is 1. The van der Waals surface area contributed by atoms with E-state index in [0.29, 0.717) is 5.13 Å². The molecule has 0 saturated carbocycles. The molecule has 0 amide bonds. The Hall–Kier alpha value is -1.62. The highest BCUT2D eigenvalue weighted by molar-refractivity contribution is 7.93. The van der Waals surface area contributed by atoms with Crippen LogP contribution in [0.2, 0.25) is 5.02 Å². The van der Waals surface area contributed by atoms with E-state index in [1.165, 1.54) is 42.8 Å². The van der Waals surface area contributed by atoms with Crippen LogP contribution in [0.5, 0.6) is 0 Å². The van der Waals surface area contributed by atoms with Gasteiger partial charge in [0.2, 0.25) is 0 Å². The number of nitriles is 1. The van der Waals surface area contributed by atoms with Crippen LogP contribution >= 0.6 is 22.9 Å². The Kier molecular flexibility index (Phi) is 3.75. The van der Waals surface area contributed by atoms with Gasteiger partial charge in [-0.25, -0.2) is 17.7 Å². The molecule has 0 aliphatic heterocycles. The molecule has 0 saturated heterocycles. The van der Waals surface area contributed by atoms with Crippen molar-refractivity contribution in [3.8, 4) is 6.07 Å². The molecule has 0 atom stereocenters. The molecule has 0 aliphatic carbocycles. The second-order valence-electron chi connectivity index (χ2n) is 3.54. The lowest BCUT2D eigenvalue weighted by atomic mass is 10.2. The zero-order chi connectivity index (χ0) is 14.0. The Labute approximate surface area is 119 Å². The lowest BCUT2D eigenvalue weighted by Crippen LogP contribution is -2.26. The van der Waals surface area contributed by atoms with Crippen molar-refractivity contribution in [3.63, 3.8) is 0 Å². The molecule has 1 aromatic heterocycles. The maximum atomic E-state index is 12.3. The van der Waals surface area contributed by atoms with Gasteiger partial charge in [0.1, 0.15) is 6.07 Å². The average Bonchev–Trinajstić information content (AvgIpc) is 2.91. The van der Waals surface area contributed by atoms with Crippen molar-refractivity contribution in [2.75, 3.05) is 11.4 Å². The molecule has 0 radical (unpaired) electrons. The fourth-order valence-electron chi connectivity index (χ4n) is 1.38. The van der Waals surface area contributed by atoms with E-state index < -0.39 is 10.0 Å². The smallest absolute Gasteiger partial charge is 0.244 e. The highest BCUT2D eigenvalue weighted by atomic mass is 35.5. The molecule has 0 unspecified atom stereocenters. The molecule has 1 heterocycles. The second-order valence-corrected chi connectivity index (χ2v) is 6.79. The summed E-state index contributed by atoms with van der Waals surface area (Å²) in [6.45, 7) is 0. The van der Waals surface area contributed by atoms with E-state index in [4.69, 9.17) is 16.9 Å². The van der Waals surface area contributed by atoms with Crippen molar-refractivity contribution in [2.24, 2.45) is 0 Å². The summed E-state index contributed by atoms with van der Waals surface area (Å²) in [4.78, 5) is 3.97. The van der Waals surface area contributed by atoms with Crippen LogP contribution < -0.4 is 4.31 Å². The van der Waals surface area contributed by atoms with Gasteiger partial charge in [0.05, 0.1) is 15.5 Å². The third kappa shape index (κ3) is 2.56. The summed E-state index contributed by atoms with van der Waals surface area (Å²) in [5.74, 6) is 0. The largest absolute Gasteiger partial charge is 0.265 e. The minimum absolute atomic E-state index is 0.0224. The summed E-state index contributed by atoms with van der Waals surface area (Å²) >= 11 is 7.06. The van der Waals surface area contributed by atoms with Crippen LogP contribution in [0, 0.1) is 11.3 Å². The molecule has 8 heteroatoms. The molecular formula is C11H8ClN3O2S2. The van der Waals surface area contributed by atoms with Crippen molar-refractivity contribution in [2.45, 2.75) is 4.90 Å². The number of rotatable bonds is 3. The zero-order valence-corrected chi connectivity index (χ0v) is 12.1. The first-order valence-corrected chi connectivity index (χ1v) is 7.74. The van der Waals surface area contributed by atoms with Crippen LogP contribution in [0.3, 0.4) is 0 Å². The van der Waals surface area contributed by atoms with Gasteiger partial charge in [0.15, 0.2) is 5.13 Å². The zero-order valence-electron chi connectivity index (χ0n) is 9.74. The SMILES string of the molecule is CN(c1nccs1)S(=O)(=O)c1ccc(C#N)c(Cl)c1. The molecule has 0 fully saturated rings. The number of nitrogens with zero attached hydrogens (tertiary/aromatic N) is 3. The Bertz CT molecular complexity index is 736. The Morgan fingerprint density at radius 3 is 2.74 bits per heavy atom. The summed E-state index contributed by atoms with van der Waals surface area (Å²) in [7, 11) is -2.31. The number of hydrogen-bond donors (Lipinski definition) is 0. The molecule has 5 nitrogen and oxygen atoms in total. The molecule has 98 valence electrons. The number of benzene rings is 1. The fourth-order valence-corrected chi connectivity index (χ4v) is 3.68. The molecular weight excluding hydrogens is 306 g/mol. The van der Waals surface area contributed by atoms with Crippen molar-refractivity contribution in [1.82, 2.24) is 4.98 Å². The monoisotopic (exact) mass is 313 g/mol. The van der Waals surface area contributed by atoms with E-state index in [1.807, 2.05) is 6.07 Å². The number of aromatic nitrogens is 1. The van der Waals surface area contributed by atoms with Gasteiger partial charge >= 0.3 is 0 Å². The summed E-state index contributed by atoms with van der Waals surface area (Å²) in [5.41, 5.74) is 0.234. The van der Waals surface area contributed by atoms with Gasteiger partial charge in [0.25, 0.3) is 10.0 Å². The normalized spacial score (nSPS) is 11.0. The van der Waals surface area contributed by atoms with Crippen LogP contribution in [0.4, 0.5) is 5.13 Å². The molecule has 0 spiro atoms. The summed E-state index contributed by atoms with van der Waals surface area (Å²) in [6.07, 6.45) is 1.53. The average molecular weight is 314 g/mol. The Morgan fingerprint density at radius 1 is 1.47 bits per heavy atom. The fraction of sp³-hybridized carbons (Fsp3) is 0.0909. The van der Waals surface area contributed by atoms with Gasteiger partial charge in [-0.05, 0) is 18.2 Å². The van der Waals surface area contributed by atoms with E-state index in [1.54, 1.807) is 5.38 Å². The summed E-state index contributed by atoms with van der Waals surface area (Å²) < 4.78 is 25.7. The maximum Gasteiger partial charge on any atom is 0.265 e. The van der Waals surface area contributed by atoms with Crippen molar-refractivity contribution >= 4 is 38.1 Å². The highest BCUT2D eigenvalue weighted by Crippen LogP contribution is 2.26. The van der Waals surface area contributed by atoms with Crippen molar-refractivity contribution < 1.29 is 8.42 Å². The van der Waals surface area contributed by atoms with E-state index in [-0.39, 0.29) is 15.5 Å². The molecule has 1 aromatic carbocycles. The van der Waals surface area contributed by atoms with E-state index >= 15 is 0 Å². The first-order valence-electron chi connectivity index (χ1n) is 5.05. The minimum atomic E-state index is -3.72. The standard InChI is InChI=1S/C11H8ClN3O2S2/c1-15(11-14-4-5-18-11)19(16,17)9-3-2-8(7-13)10(12)6-9/h2-6H,1H3. The van der Waals surface area contributed by atoms with Gasteiger partial charge < -0.3 is 0 Å². The van der Waals surface area contributed by atoms with Crippen LogP contribution in [-0.4, -0.2) is 20.4 Å². The number of thiazole rings is 1. The van der Waals surface area contributed by atoms with Gasteiger partial charge in [0, 0.05) is 18.6 Å². The third-order valence-electron chi connectivity index (χ3n) is 2.41. The highest BCUT2D eigenvalue weighted by Gasteiger charge is 2.23. The Morgan fingerprint density at radius 2 is 2.21 bits per heavy atom. The Balaban J connectivity index is 2.46. The van der Waals surface area contributed by atoms with Gasteiger partial charge in [-0.15, -0.1) is 11.3 Å². The molecule has 0 bridgehead atoms. The van der Waals surface area contributed by atoms with Gasteiger partial charge in [-0.2, -0.15) is 5.26 Å². The quantitative estimate of drug-likeness (QED) is 0.872. The molecule has 0 aliphatic rings. The molecule has 0 N–H and O–H groups in total. The summed E-state index contributed by atoms with van der Waals surface area (Å²) in [5, 5.41) is 10.9. The predicted molar refractivity (Wildman–Crippen MR) is 73.9 cm³/mol. The van der Waals surface area contributed by atoms with Gasteiger partial charge in [-0.1, -0.05) is 11.6 Å². The van der Waals surface area contributed by atoms with E-state index in [9.17, 15) is 8.42 Å². The first-order chi connectivity index (χ1) is 8.96. The molecule has 2 aromatic rings. The van der Waals surface area contributed by atoms with E-state index in [2.05, 4.69) is 4.98 Å². The lowest BCUT2D eigenvalue weighted by Gasteiger charge is -2.16. The number of sulfonamides is 1. The van der Waals surface area contributed by atoms with Gasteiger partial charge in [-0.3, -0.25) is 0 Å². The number of hydrogen-bond acceptors (Lipinski definition) is 5. The second kappa shape index (κ2) is 5.17. The number of halogens is 1. The molecule has 19 heavy (non-hydrogen) atoms. The third-order valence-corrected chi connectivity index (χ3v) is 5.43. The van der Waals surface area contributed by atoms with Crippen LogP contribution in [0.1, 0.15) is 5.56 Å². The minimum Gasteiger partial charge on any atom is -0.244 e. The summed E-state index contributed by atoms with van der Waals surface area (Å²) in [6, 6.07) is 5.87. The van der Waals surface area contributed by atoms with E-state index in [0.717, 1.165) is 4.31 Å². The van der Waals surface area contributed by atoms with Crippen LogP contribution in [0.15, 0.2) is 34.7 Å². The van der Waals surface area contributed by atoms with Crippen LogP contribution in [-0.2, 0) is 10.0 Å².